The molecule has 3 aromatic rings. The Morgan fingerprint density at radius 2 is 1.73 bits per heavy atom. The number of H-pyrrole nitrogens is 1. The first-order valence-corrected chi connectivity index (χ1v) is 6.62. The predicted octanol–water partition coefficient (Wildman–Crippen LogP) is 1.37. The SMILES string of the molecule is Cc1ccc(Nc2ccc(-n3[nH]c(=O)ccc3=O)nn2)cc1. The van der Waals surface area contributed by atoms with Crippen LogP contribution < -0.4 is 16.4 Å². The van der Waals surface area contributed by atoms with Crippen molar-refractivity contribution < 1.29 is 0 Å². The monoisotopic (exact) mass is 295 g/mol. The summed E-state index contributed by atoms with van der Waals surface area (Å²) in [5.41, 5.74) is 1.29. The third-order valence-electron chi connectivity index (χ3n) is 3.02. The van der Waals surface area contributed by atoms with E-state index in [2.05, 4.69) is 20.6 Å². The van der Waals surface area contributed by atoms with Crippen LogP contribution in [0.15, 0.2) is 58.1 Å². The summed E-state index contributed by atoms with van der Waals surface area (Å²) in [7, 11) is 0. The van der Waals surface area contributed by atoms with Gasteiger partial charge in [0.25, 0.3) is 11.1 Å². The number of rotatable bonds is 3. The molecule has 0 unspecified atom stereocenters. The summed E-state index contributed by atoms with van der Waals surface area (Å²) in [6, 6.07) is 13.5. The average molecular weight is 295 g/mol. The van der Waals surface area contributed by atoms with Gasteiger partial charge in [-0.2, -0.15) is 4.68 Å². The van der Waals surface area contributed by atoms with E-state index in [4.69, 9.17) is 0 Å². The summed E-state index contributed by atoms with van der Waals surface area (Å²) in [6.07, 6.45) is 0. The maximum atomic E-state index is 11.7. The second-order valence-corrected chi connectivity index (χ2v) is 4.75. The number of nitrogens with one attached hydrogen (secondary N) is 2. The van der Waals surface area contributed by atoms with Crippen molar-refractivity contribution in [3.05, 3.63) is 74.8 Å². The van der Waals surface area contributed by atoms with Gasteiger partial charge < -0.3 is 5.32 Å². The number of nitrogens with zero attached hydrogens (tertiary/aromatic N) is 3. The number of aromatic nitrogens is 4. The highest BCUT2D eigenvalue weighted by Crippen LogP contribution is 2.14. The number of benzene rings is 1. The first-order chi connectivity index (χ1) is 10.6. The molecule has 7 nitrogen and oxygen atoms in total. The standard InChI is InChI=1S/C15H13N5O2/c1-10-2-4-11(5-3-10)16-12-6-7-13(18-17-12)20-15(22)9-8-14(21)19-20/h2-9H,1H3,(H,16,17)(H,19,21). The van der Waals surface area contributed by atoms with Gasteiger partial charge in [-0.15, -0.1) is 10.2 Å². The van der Waals surface area contributed by atoms with E-state index in [0.29, 0.717) is 5.82 Å². The van der Waals surface area contributed by atoms with Gasteiger partial charge in [-0.1, -0.05) is 17.7 Å². The van der Waals surface area contributed by atoms with Gasteiger partial charge in [0, 0.05) is 17.8 Å². The molecule has 0 atom stereocenters. The van der Waals surface area contributed by atoms with Crippen molar-refractivity contribution in [1.29, 1.82) is 0 Å². The third-order valence-corrected chi connectivity index (χ3v) is 3.02. The minimum absolute atomic E-state index is 0.247. The summed E-state index contributed by atoms with van der Waals surface area (Å²) in [5, 5.41) is 13.4. The molecule has 3 rings (SSSR count). The zero-order valence-corrected chi connectivity index (χ0v) is 11.8. The van der Waals surface area contributed by atoms with Crippen molar-refractivity contribution in [2.24, 2.45) is 0 Å². The molecule has 1 aromatic carbocycles. The largest absolute Gasteiger partial charge is 0.339 e. The molecule has 0 aliphatic heterocycles. The summed E-state index contributed by atoms with van der Waals surface area (Å²) in [5.74, 6) is 0.788. The highest BCUT2D eigenvalue weighted by Gasteiger charge is 2.03. The van der Waals surface area contributed by atoms with Gasteiger partial charge in [0.05, 0.1) is 0 Å². The smallest absolute Gasteiger partial charge is 0.271 e. The predicted molar refractivity (Wildman–Crippen MR) is 82.7 cm³/mol. The Balaban J connectivity index is 1.86. The van der Waals surface area contributed by atoms with Crippen LogP contribution in [0.5, 0.6) is 0 Å². The van der Waals surface area contributed by atoms with E-state index in [1.54, 1.807) is 12.1 Å². The molecule has 0 aliphatic rings. The summed E-state index contributed by atoms with van der Waals surface area (Å²) >= 11 is 0. The van der Waals surface area contributed by atoms with E-state index in [-0.39, 0.29) is 16.9 Å². The molecule has 0 amide bonds. The molecule has 2 N–H and O–H groups in total. The maximum absolute atomic E-state index is 11.7. The molecule has 110 valence electrons. The van der Waals surface area contributed by atoms with Crippen LogP contribution in [0.3, 0.4) is 0 Å². The molecular weight excluding hydrogens is 282 g/mol. The van der Waals surface area contributed by atoms with Gasteiger partial charge >= 0.3 is 0 Å². The van der Waals surface area contributed by atoms with Gasteiger partial charge in [-0.25, -0.2) is 0 Å². The van der Waals surface area contributed by atoms with Crippen LogP contribution in [0.2, 0.25) is 0 Å². The van der Waals surface area contributed by atoms with Crippen LogP contribution in [0.25, 0.3) is 5.82 Å². The Hall–Kier alpha value is -3.22. The first-order valence-electron chi connectivity index (χ1n) is 6.62. The van der Waals surface area contributed by atoms with Crippen LogP contribution in [0.1, 0.15) is 5.56 Å². The van der Waals surface area contributed by atoms with Crippen molar-refractivity contribution in [3.63, 3.8) is 0 Å². The Kier molecular flexibility index (Phi) is 3.53. The van der Waals surface area contributed by atoms with E-state index in [1.165, 1.54) is 17.7 Å². The number of hydrogen-bond donors (Lipinski definition) is 2. The molecule has 0 bridgehead atoms. The van der Waals surface area contributed by atoms with Crippen molar-refractivity contribution in [2.75, 3.05) is 5.32 Å². The molecule has 0 fully saturated rings. The van der Waals surface area contributed by atoms with Crippen molar-refractivity contribution in [1.82, 2.24) is 20.0 Å². The fourth-order valence-electron chi connectivity index (χ4n) is 1.89. The molecule has 0 saturated heterocycles. The van der Waals surface area contributed by atoms with Crippen molar-refractivity contribution in [2.45, 2.75) is 6.92 Å². The average Bonchev–Trinajstić information content (AvgIpc) is 2.53. The lowest BCUT2D eigenvalue weighted by molar-refractivity contribution is 0.746. The summed E-state index contributed by atoms with van der Waals surface area (Å²) < 4.78 is 1.05. The van der Waals surface area contributed by atoms with Crippen LogP contribution >= 0.6 is 0 Å². The fourth-order valence-corrected chi connectivity index (χ4v) is 1.89. The van der Waals surface area contributed by atoms with Gasteiger partial charge in [0.15, 0.2) is 11.6 Å². The number of anilines is 2. The number of hydrogen-bond acceptors (Lipinski definition) is 5. The topological polar surface area (TPSA) is 92.7 Å². The van der Waals surface area contributed by atoms with E-state index in [1.807, 2.05) is 31.2 Å². The Morgan fingerprint density at radius 3 is 2.41 bits per heavy atom. The second kappa shape index (κ2) is 5.65. The van der Waals surface area contributed by atoms with Gasteiger partial charge in [0.1, 0.15) is 0 Å². The molecule has 0 saturated carbocycles. The van der Waals surface area contributed by atoms with E-state index < -0.39 is 0 Å². The van der Waals surface area contributed by atoms with Crippen molar-refractivity contribution >= 4 is 11.5 Å². The molecule has 2 heterocycles. The van der Waals surface area contributed by atoms with Gasteiger partial charge in [-0.05, 0) is 31.2 Å². The minimum atomic E-state index is -0.386. The summed E-state index contributed by atoms with van der Waals surface area (Å²) in [4.78, 5) is 23.0. The Bertz CT molecular complexity index is 895. The van der Waals surface area contributed by atoms with E-state index in [9.17, 15) is 9.59 Å². The zero-order chi connectivity index (χ0) is 15.5. The van der Waals surface area contributed by atoms with Crippen LogP contribution in [0.4, 0.5) is 11.5 Å². The molecule has 22 heavy (non-hydrogen) atoms. The number of aryl methyl sites for hydroxylation is 1. The quantitative estimate of drug-likeness (QED) is 0.761. The Morgan fingerprint density at radius 1 is 0.955 bits per heavy atom. The highest BCUT2D eigenvalue weighted by atomic mass is 16.1. The molecule has 2 aromatic heterocycles. The second-order valence-electron chi connectivity index (χ2n) is 4.75. The minimum Gasteiger partial charge on any atom is -0.339 e. The van der Waals surface area contributed by atoms with Crippen LogP contribution in [-0.4, -0.2) is 20.0 Å². The number of aromatic amines is 1. The van der Waals surface area contributed by atoms with Crippen molar-refractivity contribution in [3.8, 4) is 5.82 Å². The zero-order valence-electron chi connectivity index (χ0n) is 11.8. The van der Waals surface area contributed by atoms with Gasteiger partial charge in [-0.3, -0.25) is 14.7 Å². The van der Waals surface area contributed by atoms with E-state index in [0.717, 1.165) is 10.4 Å². The first kappa shape index (κ1) is 13.7. The fraction of sp³-hybridized carbons (Fsp3) is 0.0667. The lowest BCUT2D eigenvalue weighted by Gasteiger charge is -2.06. The lowest BCUT2D eigenvalue weighted by atomic mass is 10.2. The summed E-state index contributed by atoms with van der Waals surface area (Å²) in [6.45, 7) is 2.01. The Labute approximate surface area is 125 Å². The molecule has 7 heteroatoms. The van der Waals surface area contributed by atoms with Crippen LogP contribution in [-0.2, 0) is 0 Å². The molecular formula is C15H13N5O2. The maximum Gasteiger partial charge on any atom is 0.271 e. The van der Waals surface area contributed by atoms with Crippen LogP contribution in [0, 0.1) is 6.92 Å². The molecule has 0 spiro atoms. The third kappa shape index (κ3) is 2.93. The lowest BCUT2D eigenvalue weighted by Crippen LogP contribution is -2.27. The molecule has 0 radical (unpaired) electrons. The highest BCUT2D eigenvalue weighted by molar-refractivity contribution is 5.56. The van der Waals surface area contributed by atoms with E-state index >= 15 is 0 Å². The normalized spacial score (nSPS) is 10.4. The van der Waals surface area contributed by atoms with Gasteiger partial charge in [0.2, 0.25) is 0 Å². The molecule has 0 aliphatic carbocycles.